The van der Waals surface area contributed by atoms with Gasteiger partial charge in [-0.3, -0.25) is 0 Å². The molecular formula is C25H36I3N3O2S. The fraction of sp³-hybridized carbons (Fsp3) is 0.480. The number of nitrogens with one attached hydrogen (secondary N) is 1. The number of halogens is 3. The Labute approximate surface area is 259 Å². The van der Waals surface area contributed by atoms with Gasteiger partial charge in [-0.25, -0.2) is 4.79 Å². The number of para-hydroxylation sites is 1. The minimum Gasteiger partial charge on any atom is -0.444 e. The van der Waals surface area contributed by atoms with E-state index >= 15 is 0 Å². The van der Waals surface area contributed by atoms with Crippen molar-refractivity contribution < 1.29 is 9.53 Å². The van der Waals surface area contributed by atoms with Crippen LogP contribution in [0.3, 0.4) is 0 Å². The number of amides is 1. The summed E-state index contributed by atoms with van der Waals surface area (Å²) in [5.41, 5.74) is 5.86. The van der Waals surface area contributed by atoms with Gasteiger partial charge < -0.3 is 19.9 Å². The number of carbonyl (C=O) groups excluding carboxylic acids is 1. The quantitative estimate of drug-likeness (QED) is 0.265. The second-order valence-corrected chi connectivity index (χ2v) is 10.4. The molecule has 0 atom stereocenters. The van der Waals surface area contributed by atoms with Crippen molar-refractivity contribution in [3.8, 4) is 0 Å². The topological polar surface area (TPSA) is 44.8 Å². The zero-order chi connectivity index (χ0) is 22.2. The number of rotatable bonds is 2. The Morgan fingerprint density at radius 2 is 1.76 bits per heavy atom. The van der Waals surface area contributed by atoms with Crippen molar-refractivity contribution in [1.82, 2.24) is 4.90 Å². The maximum absolute atomic E-state index is 12.5. The van der Waals surface area contributed by atoms with Crippen LogP contribution in [-0.4, -0.2) is 42.8 Å². The van der Waals surface area contributed by atoms with E-state index in [0.29, 0.717) is 6.54 Å². The lowest BCUT2D eigenvalue weighted by molar-refractivity contribution is 0.0263. The molecule has 1 N–H and O–H groups in total. The van der Waals surface area contributed by atoms with Gasteiger partial charge in [0.05, 0.1) is 11.4 Å². The van der Waals surface area contributed by atoms with E-state index in [1.807, 2.05) is 37.4 Å². The fourth-order valence-corrected chi connectivity index (χ4v) is 5.32. The van der Waals surface area contributed by atoms with E-state index in [2.05, 4.69) is 54.4 Å². The summed E-state index contributed by atoms with van der Waals surface area (Å²) in [4.78, 5) is 19.3. The van der Waals surface area contributed by atoms with Crippen LogP contribution in [0.2, 0.25) is 0 Å². The number of anilines is 3. The average molecular weight is 823 g/mol. The molecule has 2 aromatic rings. The molecule has 0 bridgehead atoms. The van der Waals surface area contributed by atoms with Crippen LogP contribution in [0, 0.1) is 6.92 Å². The van der Waals surface area contributed by atoms with Crippen molar-refractivity contribution in [2.45, 2.75) is 62.9 Å². The van der Waals surface area contributed by atoms with Gasteiger partial charge in [0.15, 0.2) is 0 Å². The number of ether oxygens (including phenoxy) is 1. The third kappa shape index (κ3) is 7.44. The standard InChI is InChI=1S/C25H33N3O2S.3HI/c1-6-18-15-19(16-21-23(18)26-22-17(2)9-7-10-20(22)31-21)27-11-8-12-28(14-13-27)24(29)30-25(3,4)5;;;/h7,9-10,15-16,26H,6,8,11-14H2,1-5H3;3*1H. The van der Waals surface area contributed by atoms with Crippen LogP contribution in [0.4, 0.5) is 21.9 Å². The Morgan fingerprint density at radius 1 is 1.03 bits per heavy atom. The molecule has 0 aromatic heterocycles. The first-order valence-electron chi connectivity index (χ1n) is 11.2. The summed E-state index contributed by atoms with van der Waals surface area (Å²) >= 11 is 1.85. The molecular weight excluding hydrogens is 787 g/mol. The number of hydrogen-bond acceptors (Lipinski definition) is 5. The Kier molecular flexibility index (Phi) is 12.6. The first-order chi connectivity index (χ1) is 14.7. The molecule has 0 saturated carbocycles. The van der Waals surface area contributed by atoms with E-state index in [9.17, 15) is 4.79 Å². The third-order valence-corrected chi connectivity index (χ3v) is 6.87. The van der Waals surface area contributed by atoms with Crippen LogP contribution in [0.5, 0.6) is 0 Å². The number of fused-ring (bicyclic) bond motifs is 2. The predicted octanol–water partition coefficient (Wildman–Crippen LogP) is 8.07. The van der Waals surface area contributed by atoms with Gasteiger partial charge in [0.1, 0.15) is 5.60 Å². The van der Waals surface area contributed by atoms with E-state index in [4.69, 9.17) is 4.74 Å². The van der Waals surface area contributed by atoms with Gasteiger partial charge in [-0.2, -0.15) is 0 Å². The summed E-state index contributed by atoms with van der Waals surface area (Å²) in [5.74, 6) is 0. The zero-order valence-corrected chi connectivity index (χ0v) is 28.3. The number of carbonyl (C=O) groups is 1. The fourth-order valence-electron chi connectivity index (χ4n) is 4.16. The Balaban J connectivity index is 0.00000193. The number of aryl methyl sites for hydroxylation is 2. The SMILES string of the molecule is CCc1cc(N2CCCN(C(=O)OC(C)(C)C)CC2)cc2c1Nc1c(C)cccc1S2.I.I.I. The highest BCUT2D eigenvalue weighted by molar-refractivity contribution is 14.0. The second kappa shape index (κ2) is 13.4. The molecule has 5 nitrogen and oxygen atoms in total. The highest BCUT2D eigenvalue weighted by atomic mass is 127. The van der Waals surface area contributed by atoms with Crippen molar-refractivity contribution in [2.75, 3.05) is 36.4 Å². The van der Waals surface area contributed by atoms with E-state index in [1.54, 1.807) is 0 Å². The molecule has 0 radical (unpaired) electrons. The molecule has 0 unspecified atom stereocenters. The van der Waals surface area contributed by atoms with Crippen LogP contribution < -0.4 is 10.2 Å². The zero-order valence-electron chi connectivity index (χ0n) is 20.5. The molecule has 2 heterocycles. The summed E-state index contributed by atoms with van der Waals surface area (Å²) in [6.45, 7) is 13.3. The largest absolute Gasteiger partial charge is 0.444 e. The molecule has 34 heavy (non-hydrogen) atoms. The van der Waals surface area contributed by atoms with Gasteiger partial charge in [0, 0.05) is 41.7 Å². The van der Waals surface area contributed by atoms with Crippen molar-refractivity contribution >= 4 is 107 Å². The summed E-state index contributed by atoms with van der Waals surface area (Å²) in [6, 6.07) is 11.1. The minimum atomic E-state index is -0.462. The van der Waals surface area contributed by atoms with E-state index < -0.39 is 5.60 Å². The molecule has 4 rings (SSSR count). The molecule has 2 aliphatic rings. The van der Waals surface area contributed by atoms with Crippen molar-refractivity contribution in [1.29, 1.82) is 0 Å². The van der Waals surface area contributed by atoms with Crippen LogP contribution >= 0.6 is 83.7 Å². The summed E-state index contributed by atoms with van der Waals surface area (Å²) in [7, 11) is 0. The highest BCUT2D eigenvalue weighted by Gasteiger charge is 2.26. The predicted molar refractivity (Wildman–Crippen MR) is 175 cm³/mol. The van der Waals surface area contributed by atoms with Crippen LogP contribution in [-0.2, 0) is 11.2 Å². The first kappa shape index (κ1) is 31.9. The molecule has 2 aromatic carbocycles. The third-order valence-electron chi connectivity index (χ3n) is 5.77. The van der Waals surface area contributed by atoms with Gasteiger partial charge in [-0.05, 0) is 69.9 Å². The molecule has 2 aliphatic heterocycles. The maximum atomic E-state index is 12.5. The Hall–Kier alpha value is -0.150. The Morgan fingerprint density at radius 3 is 2.44 bits per heavy atom. The van der Waals surface area contributed by atoms with Crippen molar-refractivity contribution in [3.05, 3.63) is 41.5 Å². The molecule has 1 saturated heterocycles. The molecule has 0 aliphatic carbocycles. The van der Waals surface area contributed by atoms with Crippen LogP contribution in [0.1, 0.15) is 45.2 Å². The molecule has 1 fully saturated rings. The van der Waals surface area contributed by atoms with Gasteiger partial charge in [-0.15, -0.1) is 71.9 Å². The number of hydrogen-bond donors (Lipinski definition) is 1. The lowest BCUT2D eigenvalue weighted by Gasteiger charge is -2.29. The lowest BCUT2D eigenvalue weighted by Crippen LogP contribution is -2.39. The van der Waals surface area contributed by atoms with Gasteiger partial charge >= 0.3 is 6.09 Å². The van der Waals surface area contributed by atoms with Crippen molar-refractivity contribution in [3.63, 3.8) is 0 Å². The number of nitrogens with zero attached hydrogens (tertiary/aromatic N) is 2. The van der Waals surface area contributed by atoms with Gasteiger partial charge in [0.2, 0.25) is 0 Å². The van der Waals surface area contributed by atoms with Crippen LogP contribution in [0.25, 0.3) is 0 Å². The van der Waals surface area contributed by atoms with Gasteiger partial charge in [-0.1, -0.05) is 30.8 Å². The normalized spacial score (nSPS) is 14.7. The summed E-state index contributed by atoms with van der Waals surface area (Å²) in [5, 5.41) is 3.71. The van der Waals surface area contributed by atoms with E-state index in [-0.39, 0.29) is 78.0 Å². The maximum Gasteiger partial charge on any atom is 0.410 e. The Bertz CT molecular complexity index is 998. The molecule has 0 spiro atoms. The molecule has 190 valence electrons. The van der Waals surface area contributed by atoms with Crippen LogP contribution in [0.15, 0.2) is 40.1 Å². The number of benzene rings is 2. The van der Waals surface area contributed by atoms with E-state index in [0.717, 1.165) is 32.5 Å². The lowest BCUT2D eigenvalue weighted by atomic mass is 10.1. The molecule has 9 heteroatoms. The monoisotopic (exact) mass is 823 g/mol. The first-order valence-corrected chi connectivity index (χ1v) is 12.0. The van der Waals surface area contributed by atoms with Gasteiger partial charge in [0.25, 0.3) is 0 Å². The smallest absolute Gasteiger partial charge is 0.410 e. The van der Waals surface area contributed by atoms with E-state index in [1.165, 1.54) is 38.0 Å². The van der Waals surface area contributed by atoms with Crippen molar-refractivity contribution in [2.24, 2.45) is 0 Å². The summed E-state index contributed by atoms with van der Waals surface area (Å²) < 4.78 is 5.58. The second-order valence-electron chi connectivity index (χ2n) is 9.31. The minimum absolute atomic E-state index is 0. The highest BCUT2D eigenvalue weighted by Crippen LogP contribution is 2.48. The average Bonchev–Trinajstić information content (AvgIpc) is 2.97. The summed E-state index contributed by atoms with van der Waals surface area (Å²) in [6.07, 6.45) is 1.70. The molecule has 1 amide bonds.